The van der Waals surface area contributed by atoms with Crippen molar-refractivity contribution in [2.75, 3.05) is 5.32 Å². The fraction of sp³-hybridized carbons (Fsp3) is 0.750. The van der Waals surface area contributed by atoms with E-state index in [1.54, 1.807) is 11.6 Å². The lowest BCUT2D eigenvalue weighted by atomic mass is 10.1. The predicted molar refractivity (Wildman–Crippen MR) is 71.7 cm³/mol. The first-order chi connectivity index (χ1) is 8.56. The van der Waals surface area contributed by atoms with Crippen LogP contribution in [0.5, 0.6) is 0 Å². The van der Waals surface area contributed by atoms with Crippen LogP contribution in [0, 0.1) is 10.1 Å². The third-order valence-corrected chi connectivity index (χ3v) is 2.96. The van der Waals surface area contributed by atoms with Gasteiger partial charge in [0.15, 0.2) is 0 Å². The molecule has 102 valence electrons. The lowest BCUT2D eigenvalue weighted by Crippen LogP contribution is -2.17. The highest BCUT2D eigenvalue weighted by atomic mass is 16.6. The minimum atomic E-state index is -0.452. The summed E-state index contributed by atoms with van der Waals surface area (Å²) in [6.45, 7) is 4.23. The molecule has 1 atom stereocenters. The Morgan fingerprint density at radius 2 is 2.22 bits per heavy atom. The standard InChI is InChI=1S/C12H22N4O2/c1-4-5-6-7-8-10(2)14-12-11(16(17)18)13-9-15(12)3/h9-10,14H,4-8H2,1-3H3. The van der Waals surface area contributed by atoms with Crippen molar-refractivity contribution in [1.82, 2.24) is 9.55 Å². The third kappa shape index (κ3) is 4.01. The van der Waals surface area contributed by atoms with E-state index in [0.29, 0.717) is 5.82 Å². The first-order valence-corrected chi connectivity index (χ1v) is 6.48. The van der Waals surface area contributed by atoms with E-state index in [1.807, 2.05) is 6.92 Å². The van der Waals surface area contributed by atoms with Crippen molar-refractivity contribution in [1.29, 1.82) is 0 Å². The predicted octanol–water partition coefficient (Wildman–Crippen LogP) is 3.10. The van der Waals surface area contributed by atoms with E-state index in [2.05, 4.69) is 17.2 Å². The van der Waals surface area contributed by atoms with Crippen LogP contribution in [0.25, 0.3) is 0 Å². The van der Waals surface area contributed by atoms with Crippen LogP contribution in [0.4, 0.5) is 11.6 Å². The summed E-state index contributed by atoms with van der Waals surface area (Å²) in [5.41, 5.74) is 0. The molecule has 6 heteroatoms. The molecule has 1 heterocycles. The molecule has 18 heavy (non-hydrogen) atoms. The number of nitrogens with one attached hydrogen (secondary N) is 1. The molecular weight excluding hydrogens is 232 g/mol. The number of nitro groups is 1. The minimum Gasteiger partial charge on any atom is -0.362 e. The molecule has 0 aliphatic rings. The Morgan fingerprint density at radius 1 is 1.50 bits per heavy atom. The second-order valence-electron chi connectivity index (χ2n) is 4.68. The summed E-state index contributed by atoms with van der Waals surface area (Å²) in [5.74, 6) is 0.390. The molecule has 0 saturated carbocycles. The van der Waals surface area contributed by atoms with Crippen LogP contribution in [0.15, 0.2) is 6.33 Å². The van der Waals surface area contributed by atoms with Crippen LogP contribution in [-0.4, -0.2) is 20.5 Å². The third-order valence-electron chi connectivity index (χ3n) is 2.96. The van der Waals surface area contributed by atoms with E-state index in [-0.39, 0.29) is 11.9 Å². The maximum atomic E-state index is 10.8. The number of nitrogens with zero attached hydrogens (tertiary/aromatic N) is 3. The Morgan fingerprint density at radius 3 is 2.83 bits per heavy atom. The molecule has 1 aromatic rings. The molecular formula is C12H22N4O2. The van der Waals surface area contributed by atoms with Gasteiger partial charge in [-0.2, -0.15) is 0 Å². The van der Waals surface area contributed by atoms with Gasteiger partial charge in [-0.3, -0.25) is 4.57 Å². The second kappa shape index (κ2) is 6.98. The van der Waals surface area contributed by atoms with Gasteiger partial charge < -0.3 is 15.4 Å². The van der Waals surface area contributed by atoms with Crippen molar-refractivity contribution < 1.29 is 4.92 Å². The van der Waals surface area contributed by atoms with Gasteiger partial charge in [-0.25, -0.2) is 0 Å². The number of imidazole rings is 1. The van der Waals surface area contributed by atoms with E-state index in [9.17, 15) is 10.1 Å². The molecule has 0 bridgehead atoms. The number of rotatable bonds is 8. The van der Waals surface area contributed by atoms with Crippen molar-refractivity contribution in [2.45, 2.75) is 52.0 Å². The molecule has 1 N–H and O–H groups in total. The monoisotopic (exact) mass is 254 g/mol. The Balaban J connectivity index is 2.50. The van der Waals surface area contributed by atoms with Gasteiger partial charge in [0.1, 0.15) is 0 Å². The molecule has 6 nitrogen and oxygen atoms in total. The van der Waals surface area contributed by atoms with Crippen LogP contribution in [0.1, 0.15) is 46.0 Å². The van der Waals surface area contributed by atoms with Crippen molar-refractivity contribution in [2.24, 2.45) is 7.05 Å². The molecule has 0 fully saturated rings. The fourth-order valence-electron chi connectivity index (χ4n) is 1.90. The average Bonchev–Trinajstić information content (AvgIpc) is 2.67. The van der Waals surface area contributed by atoms with Gasteiger partial charge in [-0.05, 0) is 23.3 Å². The molecule has 1 rings (SSSR count). The maximum Gasteiger partial charge on any atom is 0.406 e. The maximum absolute atomic E-state index is 10.8. The Labute approximate surface area is 108 Å². The van der Waals surface area contributed by atoms with Gasteiger partial charge in [-0.15, -0.1) is 0 Å². The highest BCUT2D eigenvalue weighted by molar-refractivity contribution is 5.52. The molecule has 1 aromatic heterocycles. The Hall–Kier alpha value is -1.59. The largest absolute Gasteiger partial charge is 0.406 e. The van der Waals surface area contributed by atoms with E-state index in [0.717, 1.165) is 12.8 Å². The first-order valence-electron chi connectivity index (χ1n) is 6.48. The Kier molecular flexibility index (Phi) is 5.61. The van der Waals surface area contributed by atoms with E-state index in [1.165, 1.54) is 25.6 Å². The lowest BCUT2D eigenvalue weighted by molar-refractivity contribution is -0.388. The zero-order valence-corrected chi connectivity index (χ0v) is 11.3. The van der Waals surface area contributed by atoms with Gasteiger partial charge in [0, 0.05) is 13.1 Å². The van der Waals surface area contributed by atoms with Crippen molar-refractivity contribution in [3.63, 3.8) is 0 Å². The normalized spacial score (nSPS) is 12.4. The first kappa shape index (κ1) is 14.5. The van der Waals surface area contributed by atoms with Crippen molar-refractivity contribution >= 4 is 11.6 Å². The summed E-state index contributed by atoms with van der Waals surface area (Å²) in [5, 5.41) is 14.0. The molecule has 0 amide bonds. The highest BCUT2D eigenvalue weighted by Crippen LogP contribution is 2.22. The van der Waals surface area contributed by atoms with Gasteiger partial charge >= 0.3 is 5.82 Å². The van der Waals surface area contributed by atoms with Gasteiger partial charge in [0.25, 0.3) is 0 Å². The number of anilines is 1. The highest BCUT2D eigenvalue weighted by Gasteiger charge is 2.20. The van der Waals surface area contributed by atoms with Crippen LogP contribution in [-0.2, 0) is 7.05 Å². The Bertz CT molecular complexity index is 389. The van der Waals surface area contributed by atoms with E-state index < -0.39 is 4.92 Å². The summed E-state index contributed by atoms with van der Waals surface area (Å²) in [6.07, 6.45) is 7.31. The van der Waals surface area contributed by atoms with Crippen molar-refractivity contribution in [3.05, 3.63) is 16.4 Å². The molecule has 0 aliphatic heterocycles. The van der Waals surface area contributed by atoms with E-state index in [4.69, 9.17) is 0 Å². The summed E-state index contributed by atoms with van der Waals surface area (Å²) in [7, 11) is 1.76. The fourth-order valence-corrected chi connectivity index (χ4v) is 1.90. The van der Waals surface area contributed by atoms with Crippen LogP contribution in [0.3, 0.4) is 0 Å². The van der Waals surface area contributed by atoms with Crippen LogP contribution >= 0.6 is 0 Å². The summed E-state index contributed by atoms with van der Waals surface area (Å²) < 4.78 is 1.65. The average molecular weight is 254 g/mol. The molecule has 0 radical (unpaired) electrons. The number of unbranched alkanes of at least 4 members (excludes halogenated alkanes) is 3. The van der Waals surface area contributed by atoms with Gasteiger partial charge in [0.2, 0.25) is 12.1 Å². The molecule has 1 unspecified atom stereocenters. The quantitative estimate of drug-likeness (QED) is 0.439. The molecule has 0 saturated heterocycles. The van der Waals surface area contributed by atoms with Crippen molar-refractivity contribution in [3.8, 4) is 0 Å². The number of aromatic nitrogens is 2. The number of hydrogen-bond donors (Lipinski definition) is 1. The summed E-state index contributed by atoms with van der Waals surface area (Å²) >= 11 is 0. The topological polar surface area (TPSA) is 73.0 Å². The minimum absolute atomic E-state index is 0.0992. The lowest BCUT2D eigenvalue weighted by Gasteiger charge is -2.14. The van der Waals surface area contributed by atoms with Crippen LogP contribution in [0.2, 0.25) is 0 Å². The number of hydrogen-bond acceptors (Lipinski definition) is 4. The molecule has 0 aromatic carbocycles. The SMILES string of the molecule is CCCCCCC(C)Nc1c([N+](=O)[O-])ncn1C. The van der Waals surface area contributed by atoms with Gasteiger partial charge in [0.05, 0.1) is 0 Å². The van der Waals surface area contributed by atoms with Crippen LogP contribution < -0.4 is 5.32 Å². The smallest absolute Gasteiger partial charge is 0.362 e. The molecule has 0 aliphatic carbocycles. The summed E-state index contributed by atoms with van der Waals surface area (Å²) in [4.78, 5) is 14.1. The van der Waals surface area contributed by atoms with E-state index >= 15 is 0 Å². The zero-order chi connectivity index (χ0) is 13.5. The molecule has 0 spiro atoms. The van der Waals surface area contributed by atoms with Gasteiger partial charge in [-0.1, -0.05) is 32.6 Å². The number of aryl methyl sites for hydroxylation is 1. The second-order valence-corrected chi connectivity index (χ2v) is 4.68. The summed E-state index contributed by atoms with van der Waals surface area (Å²) in [6, 6.07) is 0.218. The zero-order valence-electron chi connectivity index (χ0n) is 11.3.